The first-order valence-electron chi connectivity index (χ1n) is 5.10. The minimum atomic E-state index is -3.85. The first-order valence-corrected chi connectivity index (χ1v) is 7.98. The molecule has 1 fully saturated rings. The molecule has 0 unspecified atom stereocenters. The van der Waals surface area contributed by atoms with Gasteiger partial charge in [-0.15, -0.1) is 9.19 Å². The highest BCUT2D eigenvalue weighted by atomic mass is 32.2. The topological polar surface area (TPSA) is 114 Å². The Kier molecular flexibility index (Phi) is 3.17. The van der Waals surface area contributed by atoms with E-state index in [1.54, 1.807) is 0 Å². The van der Waals surface area contributed by atoms with Gasteiger partial charge in [-0.2, -0.15) is 12.7 Å². The third-order valence-electron chi connectivity index (χ3n) is 2.29. The molecule has 0 aromatic carbocycles. The van der Waals surface area contributed by atoms with Gasteiger partial charge in [0.05, 0.1) is 0 Å². The largest absolute Gasteiger partial charge is 0.323 e. The Hall–Kier alpha value is -1.04. The molecule has 0 saturated heterocycles. The fourth-order valence-corrected chi connectivity index (χ4v) is 3.00. The van der Waals surface area contributed by atoms with Crippen molar-refractivity contribution in [3.63, 3.8) is 0 Å². The molecule has 1 aromatic heterocycles. The van der Waals surface area contributed by atoms with Crippen molar-refractivity contribution in [2.24, 2.45) is 0 Å². The predicted molar refractivity (Wildman–Crippen MR) is 61.4 cm³/mol. The van der Waals surface area contributed by atoms with E-state index in [4.69, 9.17) is 0 Å². The van der Waals surface area contributed by atoms with Crippen LogP contribution in [-0.4, -0.2) is 55.4 Å². The molecule has 0 bridgehead atoms. The van der Waals surface area contributed by atoms with Crippen LogP contribution in [0.5, 0.6) is 0 Å². The van der Waals surface area contributed by atoms with Crippen molar-refractivity contribution in [1.29, 1.82) is 0 Å². The third kappa shape index (κ3) is 2.53. The molecule has 18 heavy (non-hydrogen) atoms. The van der Waals surface area contributed by atoms with E-state index in [0.29, 0.717) is 4.09 Å². The highest BCUT2D eigenvalue weighted by Gasteiger charge is 2.31. The van der Waals surface area contributed by atoms with Crippen molar-refractivity contribution in [3.8, 4) is 0 Å². The molecule has 1 aliphatic rings. The van der Waals surface area contributed by atoms with Crippen LogP contribution in [0.2, 0.25) is 0 Å². The maximum Gasteiger partial charge on any atom is 0.323 e. The van der Waals surface area contributed by atoms with Gasteiger partial charge in [0.1, 0.15) is 6.33 Å². The second-order valence-corrected chi connectivity index (χ2v) is 7.69. The zero-order valence-corrected chi connectivity index (χ0v) is 11.4. The Morgan fingerprint density at radius 2 is 1.94 bits per heavy atom. The van der Waals surface area contributed by atoms with Gasteiger partial charge in [0.2, 0.25) is 0 Å². The second kappa shape index (κ2) is 4.26. The van der Waals surface area contributed by atoms with E-state index >= 15 is 0 Å². The summed E-state index contributed by atoms with van der Waals surface area (Å²) >= 11 is 0. The van der Waals surface area contributed by atoms with Gasteiger partial charge in [0.25, 0.3) is 15.2 Å². The van der Waals surface area contributed by atoms with Crippen molar-refractivity contribution < 1.29 is 16.8 Å². The van der Waals surface area contributed by atoms with E-state index in [2.05, 4.69) is 14.8 Å². The van der Waals surface area contributed by atoms with E-state index in [0.717, 1.165) is 23.5 Å². The van der Waals surface area contributed by atoms with Gasteiger partial charge in [0, 0.05) is 20.1 Å². The van der Waals surface area contributed by atoms with E-state index < -0.39 is 25.4 Å². The van der Waals surface area contributed by atoms with Gasteiger partial charge >= 0.3 is 10.2 Å². The Morgan fingerprint density at radius 3 is 2.44 bits per heavy atom. The van der Waals surface area contributed by atoms with Crippen LogP contribution in [-0.2, 0) is 20.2 Å². The minimum Gasteiger partial charge on any atom is -0.205 e. The van der Waals surface area contributed by atoms with Crippen LogP contribution in [0.1, 0.15) is 12.8 Å². The van der Waals surface area contributed by atoms with Crippen molar-refractivity contribution in [1.82, 2.24) is 23.2 Å². The van der Waals surface area contributed by atoms with Crippen LogP contribution >= 0.6 is 0 Å². The Labute approximate surface area is 105 Å². The third-order valence-corrected chi connectivity index (χ3v) is 5.17. The number of aromatic nitrogens is 3. The van der Waals surface area contributed by atoms with Crippen LogP contribution < -0.4 is 4.72 Å². The molecule has 0 atom stereocenters. The van der Waals surface area contributed by atoms with Gasteiger partial charge in [-0.05, 0) is 12.8 Å². The maximum absolute atomic E-state index is 11.7. The van der Waals surface area contributed by atoms with E-state index in [-0.39, 0.29) is 6.04 Å². The summed E-state index contributed by atoms with van der Waals surface area (Å²) in [6.45, 7) is 0. The number of sulfonamides is 1. The van der Waals surface area contributed by atoms with Crippen molar-refractivity contribution in [3.05, 3.63) is 6.33 Å². The molecule has 0 radical (unpaired) electrons. The molecule has 1 aromatic rings. The monoisotopic (exact) mass is 295 g/mol. The molecule has 102 valence electrons. The summed E-state index contributed by atoms with van der Waals surface area (Å²) in [5.74, 6) is 0. The fourth-order valence-electron chi connectivity index (χ4n) is 1.11. The summed E-state index contributed by atoms with van der Waals surface area (Å²) in [6.07, 6.45) is 2.41. The molecule has 9 nitrogen and oxygen atoms in total. The number of hydrogen-bond donors (Lipinski definition) is 1. The van der Waals surface area contributed by atoms with Crippen LogP contribution in [0, 0.1) is 0 Å². The quantitative estimate of drug-likeness (QED) is 0.698. The summed E-state index contributed by atoms with van der Waals surface area (Å²) in [7, 11) is -5.06. The fraction of sp³-hybridized carbons (Fsp3) is 0.714. The van der Waals surface area contributed by atoms with E-state index in [9.17, 15) is 16.8 Å². The smallest absolute Gasteiger partial charge is 0.205 e. The highest BCUT2D eigenvalue weighted by Crippen LogP contribution is 2.21. The predicted octanol–water partition coefficient (Wildman–Crippen LogP) is -1.63. The molecule has 0 amide bonds. The number of nitrogens with zero attached hydrogens (tertiary/aromatic N) is 4. The van der Waals surface area contributed by atoms with Crippen molar-refractivity contribution in [2.75, 3.05) is 14.1 Å². The first kappa shape index (κ1) is 13.4. The van der Waals surface area contributed by atoms with Crippen LogP contribution in [0.4, 0.5) is 0 Å². The molecule has 0 spiro atoms. The van der Waals surface area contributed by atoms with Crippen molar-refractivity contribution in [2.45, 2.75) is 24.0 Å². The van der Waals surface area contributed by atoms with E-state index in [1.165, 1.54) is 14.1 Å². The summed E-state index contributed by atoms with van der Waals surface area (Å²) in [4.78, 5) is 3.51. The van der Waals surface area contributed by atoms with Crippen LogP contribution in [0.3, 0.4) is 0 Å². The average Bonchev–Trinajstić information content (AvgIpc) is 2.90. The zero-order chi connectivity index (χ0) is 13.6. The van der Waals surface area contributed by atoms with Gasteiger partial charge < -0.3 is 0 Å². The first-order chi connectivity index (χ1) is 8.23. The molecule has 1 saturated carbocycles. The molecular weight excluding hydrogens is 282 g/mol. The maximum atomic E-state index is 11.7. The second-order valence-electron chi connectivity index (χ2n) is 4.09. The molecule has 2 rings (SSSR count). The van der Waals surface area contributed by atoms with E-state index in [1.807, 2.05) is 0 Å². The lowest BCUT2D eigenvalue weighted by molar-refractivity contribution is 0.502. The SMILES string of the molecule is CN(C)S(=O)(=O)n1cnc(S(=O)(=O)NC2CC2)n1. The van der Waals surface area contributed by atoms with Gasteiger partial charge in [0.15, 0.2) is 0 Å². The molecule has 1 N–H and O–H groups in total. The minimum absolute atomic E-state index is 0.0904. The van der Waals surface area contributed by atoms with Gasteiger partial charge in [-0.25, -0.2) is 18.1 Å². The summed E-state index contributed by atoms with van der Waals surface area (Å²) in [5, 5.41) is 2.94. The number of hydrogen-bond acceptors (Lipinski definition) is 6. The standard InChI is InChI=1S/C7H13N5O4S2/c1-11(2)18(15,16)12-5-8-7(9-12)17(13,14)10-6-3-4-6/h5-6,10H,3-4H2,1-2H3. The van der Waals surface area contributed by atoms with Gasteiger partial charge in [-0.3, -0.25) is 0 Å². The number of rotatable bonds is 5. The Bertz CT molecular complexity index is 643. The summed E-state index contributed by atoms with van der Waals surface area (Å²) < 4.78 is 50.6. The molecule has 1 heterocycles. The van der Waals surface area contributed by atoms with Crippen LogP contribution in [0.25, 0.3) is 0 Å². The normalized spacial score (nSPS) is 17.3. The lowest BCUT2D eigenvalue weighted by atomic mass is 10.8. The Morgan fingerprint density at radius 1 is 1.33 bits per heavy atom. The average molecular weight is 295 g/mol. The highest BCUT2D eigenvalue weighted by molar-refractivity contribution is 7.89. The van der Waals surface area contributed by atoms with Crippen LogP contribution in [0.15, 0.2) is 11.5 Å². The molecule has 1 aliphatic carbocycles. The van der Waals surface area contributed by atoms with Gasteiger partial charge in [-0.1, -0.05) is 0 Å². The summed E-state index contributed by atoms with van der Waals surface area (Å²) in [5.41, 5.74) is 0. The number of nitrogens with one attached hydrogen (secondary N) is 1. The molecule has 11 heteroatoms. The zero-order valence-electron chi connectivity index (χ0n) is 9.81. The lowest BCUT2D eigenvalue weighted by Gasteiger charge is -2.09. The Balaban J connectivity index is 2.30. The lowest BCUT2D eigenvalue weighted by Crippen LogP contribution is -2.30. The summed E-state index contributed by atoms with van der Waals surface area (Å²) in [6, 6.07) is -0.0904. The molecular formula is C7H13N5O4S2. The van der Waals surface area contributed by atoms with Crippen molar-refractivity contribution >= 4 is 20.2 Å². The molecule has 0 aliphatic heterocycles.